The molecule has 0 aliphatic carbocycles. The first kappa shape index (κ1) is 10.5. The molecule has 2 bridgehead atoms. The summed E-state index contributed by atoms with van der Waals surface area (Å²) in [6, 6.07) is 6.53. The van der Waals surface area contributed by atoms with Gasteiger partial charge in [-0.3, -0.25) is 0 Å². The summed E-state index contributed by atoms with van der Waals surface area (Å²) < 4.78 is 5.61. The second kappa shape index (κ2) is 3.67. The summed E-state index contributed by atoms with van der Waals surface area (Å²) in [7, 11) is 1.74. The SMILES string of the molecule is COc1ccc2c(c1)C1(C)CCNC(C2)S1. The van der Waals surface area contributed by atoms with Crippen LogP contribution in [0.15, 0.2) is 18.2 Å². The van der Waals surface area contributed by atoms with Crippen LogP contribution in [0.5, 0.6) is 5.75 Å². The van der Waals surface area contributed by atoms with Gasteiger partial charge in [-0.25, -0.2) is 0 Å². The van der Waals surface area contributed by atoms with Crippen LogP contribution in [0.4, 0.5) is 0 Å². The van der Waals surface area contributed by atoms with Crippen LogP contribution in [-0.4, -0.2) is 19.0 Å². The maximum Gasteiger partial charge on any atom is 0.119 e. The largest absolute Gasteiger partial charge is 0.497 e. The van der Waals surface area contributed by atoms with Gasteiger partial charge >= 0.3 is 0 Å². The first-order valence-corrected chi connectivity index (χ1v) is 6.68. The van der Waals surface area contributed by atoms with Gasteiger partial charge in [0.25, 0.3) is 0 Å². The minimum absolute atomic E-state index is 0.276. The van der Waals surface area contributed by atoms with E-state index in [1.807, 2.05) is 0 Å². The van der Waals surface area contributed by atoms with E-state index in [-0.39, 0.29) is 4.75 Å². The Bertz CT molecular complexity index is 420. The van der Waals surface area contributed by atoms with Crippen molar-refractivity contribution in [2.24, 2.45) is 0 Å². The van der Waals surface area contributed by atoms with Crippen LogP contribution in [0.1, 0.15) is 24.5 Å². The highest BCUT2D eigenvalue weighted by Gasteiger charge is 2.40. The molecule has 2 aliphatic heterocycles. The van der Waals surface area contributed by atoms with E-state index in [1.165, 1.54) is 17.5 Å². The van der Waals surface area contributed by atoms with Gasteiger partial charge in [0.15, 0.2) is 0 Å². The molecule has 3 heteroatoms. The number of hydrogen-bond donors (Lipinski definition) is 1. The highest BCUT2D eigenvalue weighted by Crippen LogP contribution is 2.50. The van der Waals surface area contributed by atoms with Crippen LogP contribution in [0, 0.1) is 0 Å². The normalized spacial score (nSPS) is 32.0. The molecule has 2 atom stereocenters. The molecule has 0 aromatic heterocycles. The Morgan fingerprint density at radius 3 is 3.19 bits per heavy atom. The highest BCUT2D eigenvalue weighted by molar-refractivity contribution is 8.00. The molecule has 0 amide bonds. The third-order valence-corrected chi connectivity index (χ3v) is 5.23. The third kappa shape index (κ3) is 1.54. The first-order valence-electron chi connectivity index (χ1n) is 5.80. The summed E-state index contributed by atoms with van der Waals surface area (Å²) in [5.41, 5.74) is 2.97. The van der Waals surface area contributed by atoms with E-state index in [9.17, 15) is 0 Å². The molecule has 2 unspecified atom stereocenters. The van der Waals surface area contributed by atoms with Gasteiger partial charge < -0.3 is 10.1 Å². The number of fused-ring (bicyclic) bond motifs is 4. The van der Waals surface area contributed by atoms with E-state index >= 15 is 0 Å². The van der Waals surface area contributed by atoms with Crippen LogP contribution >= 0.6 is 11.8 Å². The third-order valence-electron chi connectivity index (χ3n) is 3.67. The molecule has 2 heterocycles. The molecule has 0 spiro atoms. The molecule has 2 nitrogen and oxygen atoms in total. The zero-order valence-electron chi connectivity index (χ0n) is 9.75. The molecule has 1 saturated heterocycles. The Morgan fingerprint density at radius 1 is 1.50 bits per heavy atom. The molecule has 2 aliphatic rings. The predicted octanol–water partition coefficient (Wildman–Crippen LogP) is 2.52. The average molecular weight is 235 g/mol. The van der Waals surface area contributed by atoms with Crippen molar-refractivity contribution in [2.75, 3.05) is 13.7 Å². The van der Waals surface area contributed by atoms with Crippen LogP contribution < -0.4 is 10.1 Å². The van der Waals surface area contributed by atoms with Gasteiger partial charge in [-0.2, -0.15) is 0 Å². The standard InChI is InChI=1S/C13H17NOS/c1-13-5-6-14-12(16-13)7-9-3-4-10(15-2)8-11(9)13/h3-4,8,12,14H,5-7H2,1-2H3. The molecule has 86 valence electrons. The molecule has 0 saturated carbocycles. The van der Waals surface area contributed by atoms with Crippen molar-refractivity contribution in [3.8, 4) is 5.75 Å². The van der Waals surface area contributed by atoms with E-state index in [4.69, 9.17) is 4.74 Å². The van der Waals surface area contributed by atoms with E-state index < -0.39 is 0 Å². The molecule has 1 N–H and O–H groups in total. The number of hydrogen-bond acceptors (Lipinski definition) is 3. The number of benzene rings is 1. The number of thioether (sulfide) groups is 1. The van der Waals surface area contributed by atoms with E-state index in [1.54, 1.807) is 7.11 Å². The van der Waals surface area contributed by atoms with Gasteiger partial charge in [-0.1, -0.05) is 6.07 Å². The summed E-state index contributed by atoms with van der Waals surface area (Å²) in [5.74, 6) is 0.984. The topological polar surface area (TPSA) is 21.3 Å². The summed E-state index contributed by atoms with van der Waals surface area (Å²) in [5, 5.41) is 4.17. The lowest BCUT2D eigenvalue weighted by Gasteiger charge is -2.44. The minimum Gasteiger partial charge on any atom is -0.497 e. The molecule has 3 rings (SSSR count). The van der Waals surface area contributed by atoms with Crippen molar-refractivity contribution in [3.05, 3.63) is 29.3 Å². The number of nitrogens with one attached hydrogen (secondary N) is 1. The maximum atomic E-state index is 5.34. The predicted molar refractivity (Wildman–Crippen MR) is 68.0 cm³/mol. The first-order chi connectivity index (χ1) is 7.71. The maximum absolute atomic E-state index is 5.34. The van der Waals surface area contributed by atoms with E-state index in [0.29, 0.717) is 5.37 Å². The number of methoxy groups -OCH3 is 1. The lowest BCUT2D eigenvalue weighted by molar-refractivity contribution is 0.411. The van der Waals surface area contributed by atoms with Crippen molar-refractivity contribution in [2.45, 2.75) is 29.9 Å². The monoisotopic (exact) mass is 235 g/mol. The van der Waals surface area contributed by atoms with Crippen LogP contribution in [0.3, 0.4) is 0 Å². The molecule has 1 aromatic carbocycles. The Balaban J connectivity index is 2.10. The molecule has 1 aromatic rings. The minimum atomic E-state index is 0.276. The Morgan fingerprint density at radius 2 is 2.38 bits per heavy atom. The number of ether oxygens (including phenoxy) is 1. The van der Waals surface area contributed by atoms with Crippen molar-refractivity contribution in [1.29, 1.82) is 0 Å². The Kier molecular flexibility index (Phi) is 2.41. The van der Waals surface area contributed by atoms with Crippen LogP contribution in [0.2, 0.25) is 0 Å². The molecule has 16 heavy (non-hydrogen) atoms. The van der Waals surface area contributed by atoms with Gasteiger partial charge in [0.2, 0.25) is 0 Å². The summed E-state index contributed by atoms with van der Waals surface area (Å²) in [6.07, 6.45) is 2.34. The summed E-state index contributed by atoms with van der Waals surface area (Å²) in [6.45, 7) is 3.49. The zero-order valence-corrected chi connectivity index (χ0v) is 10.6. The second-order valence-electron chi connectivity index (χ2n) is 4.77. The highest BCUT2D eigenvalue weighted by atomic mass is 32.2. The fourth-order valence-corrected chi connectivity index (χ4v) is 4.38. The molecule has 0 radical (unpaired) electrons. The Labute approximate surface area is 101 Å². The summed E-state index contributed by atoms with van der Waals surface area (Å²) >= 11 is 2.07. The van der Waals surface area contributed by atoms with E-state index in [0.717, 1.165) is 18.7 Å². The van der Waals surface area contributed by atoms with Crippen LogP contribution in [0.25, 0.3) is 0 Å². The van der Waals surface area contributed by atoms with Gasteiger partial charge in [0, 0.05) is 4.75 Å². The zero-order chi connectivity index (χ0) is 11.2. The molecular weight excluding hydrogens is 218 g/mol. The van der Waals surface area contributed by atoms with Crippen molar-refractivity contribution in [1.82, 2.24) is 5.32 Å². The van der Waals surface area contributed by atoms with Crippen molar-refractivity contribution in [3.63, 3.8) is 0 Å². The van der Waals surface area contributed by atoms with Gasteiger partial charge in [0.1, 0.15) is 5.75 Å². The quantitative estimate of drug-likeness (QED) is 0.808. The van der Waals surface area contributed by atoms with E-state index in [2.05, 4.69) is 42.2 Å². The fourth-order valence-electron chi connectivity index (χ4n) is 2.75. The fraction of sp³-hybridized carbons (Fsp3) is 0.538. The smallest absolute Gasteiger partial charge is 0.119 e. The van der Waals surface area contributed by atoms with Crippen molar-refractivity contribution < 1.29 is 4.74 Å². The lowest BCUT2D eigenvalue weighted by atomic mass is 9.88. The average Bonchev–Trinajstić information content (AvgIpc) is 2.28. The van der Waals surface area contributed by atoms with Gasteiger partial charge in [0.05, 0.1) is 12.5 Å². The van der Waals surface area contributed by atoms with Crippen LogP contribution in [-0.2, 0) is 11.2 Å². The summed E-state index contributed by atoms with van der Waals surface area (Å²) in [4.78, 5) is 0. The van der Waals surface area contributed by atoms with Gasteiger partial charge in [-0.05, 0) is 49.6 Å². The second-order valence-corrected chi connectivity index (χ2v) is 6.47. The molecule has 1 fully saturated rings. The number of rotatable bonds is 1. The molecular formula is C13H17NOS. The van der Waals surface area contributed by atoms with Crippen molar-refractivity contribution >= 4 is 11.8 Å². The Hall–Kier alpha value is -0.670. The van der Waals surface area contributed by atoms with Gasteiger partial charge in [-0.15, -0.1) is 11.8 Å². The lowest BCUT2D eigenvalue weighted by Crippen LogP contribution is -2.45.